The molecule has 0 saturated carbocycles. The first-order chi connectivity index (χ1) is 15.6. The molecule has 0 aliphatic carbocycles. The highest BCUT2D eigenvalue weighted by molar-refractivity contribution is 7.20. The molecule has 2 heterocycles. The van der Waals surface area contributed by atoms with Crippen LogP contribution in [0.25, 0.3) is 20.9 Å². The average Bonchev–Trinajstić information content (AvgIpc) is 3.34. The lowest BCUT2D eigenvalue weighted by Crippen LogP contribution is -2.31. The lowest BCUT2D eigenvalue weighted by Gasteiger charge is -2.15. The Labute approximate surface area is 190 Å². The normalized spacial score (nSPS) is 12.8. The molecule has 0 saturated heterocycles. The second-order valence-electron chi connectivity index (χ2n) is 7.81. The highest BCUT2D eigenvalue weighted by atomic mass is 32.1. The Morgan fingerprint density at radius 2 is 1.19 bits per heavy atom. The minimum atomic E-state index is -0.261. The van der Waals surface area contributed by atoms with Gasteiger partial charge in [-0.3, -0.25) is 24.1 Å². The number of benzene rings is 2. The van der Waals surface area contributed by atoms with Crippen LogP contribution in [0.5, 0.6) is 0 Å². The zero-order valence-electron chi connectivity index (χ0n) is 17.8. The highest BCUT2D eigenvalue weighted by Gasteiger charge is 2.41. The molecule has 162 valence electrons. The van der Waals surface area contributed by atoms with E-state index in [-0.39, 0.29) is 11.8 Å². The van der Waals surface area contributed by atoms with Crippen molar-refractivity contribution in [1.82, 2.24) is 4.90 Å². The summed E-state index contributed by atoms with van der Waals surface area (Å²) in [7, 11) is 0. The van der Waals surface area contributed by atoms with E-state index in [4.69, 9.17) is 0 Å². The topological polar surface area (TPSA) is 71.5 Å². The molecule has 5 nitrogen and oxygen atoms in total. The van der Waals surface area contributed by atoms with Gasteiger partial charge >= 0.3 is 0 Å². The van der Waals surface area contributed by atoms with Crippen molar-refractivity contribution >= 4 is 35.7 Å². The third-order valence-electron chi connectivity index (χ3n) is 5.68. The lowest BCUT2D eigenvalue weighted by molar-refractivity contribution is 0.0651. The molecule has 0 radical (unpaired) electrons. The molecule has 1 aliphatic heterocycles. The van der Waals surface area contributed by atoms with Crippen LogP contribution in [-0.4, -0.2) is 35.8 Å². The van der Waals surface area contributed by atoms with E-state index in [2.05, 4.69) is 6.92 Å². The van der Waals surface area contributed by atoms with E-state index < -0.39 is 0 Å². The summed E-state index contributed by atoms with van der Waals surface area (Å²) in [6.07, 6.45) is 5.45. The van der Waals surface area contributed by atoms with E-state index in [1.807, 2.05) is 0 Å². The van der Waals surface area contributed by atoms with E-state index >= 15 is 0 Å². The smallest absolute Gasteiger partial charge is 0.263 e. The van der Waals surface area contributed by atoms with Crippen LogP contribution in [0.15, 0.2) is 48.5 Å². The largest absolute Gasteiger partial charge is 0.298 e. The Morgan fingerprint density at radius 3 is 1.59 bits per heavy atom. The van der Waals surface area contributed by atoms with Crippen LogP contribution in [0.2, 0.25) is 0 Å². The number of carbonyl (C=O) groups excluding carboxylic acids is 4. The number of hydrogen-bond acceptors (Lipinski definition) is 5. The number of rotatable bonds is 9. The van der Waals surface area contributed by atoms with Gasteiger partial charge in [-0.05, 0) is 17.5 Å². The van der Waals surface area contributed by atoms with Crippen molar-refractivity contribution < 1.29 is 19.2 Å². The maximum absolute atomic E-state index is 13.3. The van der Waals surface area contributed by atoms with E-state index in [1.54, 1.807) is 48.5 Å². The first kappa shape index (κ1) is 21.8. The molecule has 1 aliphatic rings. The second-order valence-corrected chi connectivity index (χ2v) is 8.83. The SMILES string of the molecule is CCCCCCN1C(=O)c2c(-c3ccc(C=O)cc3)sc(-c3ccc(C=O)cc3)c2C1=O. The van der Waals surface area contributed by atoms with Crippen LogP contribution in [0.1, 0.15) is 74.0 Å². The fraction of sp³-hybridized carbons (Fsp3) is 0.231. The van der Waals surface area contributed by atoms with Crippen LogP contribution in [0.4, 0.5) is 0 Å². The molecule has 2 aromatic carbocycles. The van der Waals surface area contributed by atoms with Gasteiger partial charge in [0.05, 0.1) is 11.1 Å². The monoisotopic (exact) mass is 445 g/mol. The molecular formula is C26H23NO4S. The Kier molecular flexibility index (Phi) is 6.42. The predicted molar refractivity (Wildman–Crippen MR) is 125 cm³/mol. The van der Waals surface area contributed by atoms with Crippen molar-refractivity contribution in [3.63, 3.8) is 0 Å². The van der Waals surface area contributed by atoms with Crippen molar-refractivity contribution in [1.29, 1.82) is 0 Å². The van der Waals surface area contributed by atoms with Crippen LogP contribution in [0, 0.1) is 0 Å². The second kappa shape index (κ2) is 9.40. The first-order valence-corrected chi connectivity index (χ1v) is 11.5. The fourth-order valence-electron chi connectivity index (χ4n) is 3.93. The van der Waals surface area contributed by atoms with Crippen molar-refractivity contribution in [3.05, 3.63) is 70.8 Å². The molecule has 6 heteroatoms. The molecule has 0 unspecified atom stereocenters. The zero-order chi connectivity index (χ0) is 22.7. The fourth-order valence-corrected chi connectivity index (χ4v) is 5.23. The van der Waals surface area contributed by atoms with Gasteiger partial charge in [0, 0.05) is 27.4 Å². The maximum atomic E-state index is 13.3. The van der Waals surface area contributed by atoms with Crippen molar-refractivity contribution in [2.24, 2.45) is 0 Å². The molecule has 2 amide bonds. The Morgan fingerprint density at radius 1 is 0.719 bits per heavy atom. The molecular weight excluding hydrogens is 422 g/mol. The Balaban J connectivity index is 1.80. The first-order valence-electron chi connectivity index (χ1n) is 10.7. The zero-order valence-corrected chi connectivity index (χ0v) is 18.6. The van der Waals surface area contributed by atoms with Gasteiger partial charge in [0.1, 0.15) is 12.6 Å². The summed E-state index contributed by atoms with van der Waals surface area (Å²) in [5, 5.41) is 0. The van der Waals surface area contributed by atoms with Crippen LogP contribution in [0.3, 0.4) is 0 Å². The van der Waals surface area contributed by atoms with E-state index in [0.717, 1.165) is 59.1 Å². The number of amides is 2. The number of aldehydes is 2. The number of thiophene rings is 1. The van der Waals surface area contributed by atoms with Gasteiger partial charge in [0.25, 0.3) is 11.8 Å². The van der Waals surface area contributed by atoms with Gasteiger partial charge in [-0.1, -0.05) is 74.7 Å². The van der Waals surface area contributed by atoms with Crippen molar-refractivity contribution in [2.45, 2.75) is 32.6 Å². The Hall–Kier alpha value is -3.38. The van der Waals surface area contributed by atoms with Gasteiger partial charge in [-0.25, -0.2) is 0 Å². The van der Waals surface area contributed by atoms with Gasteiger partial charge in [0.15, 0.2) is 0 Å². The van der Waals surface area contributed by atoms with E-state index in [0.29, 0.717) is 28.8 Å². The molecule has 0 bridgehead atoms. The maximum Gasteiger partial charge on any atom is 0.263 e. The summed E-state index contributed by atoms with van der Waals surface area (Å²) in [6, 6.07) is 14.0. The summed E-state index contributed by atoms with van der Waals surface area (Å²) in [5.41, 5.74) is 3.55. The molecule has 4 rings (SSSR count). The number of unbranched alkanes of at least 4 members (excludes halogenated alkanes) is 3. The van der Waals surface area contributed by atoms with Crippen LogP contribution < -0.4 is 0 Å². The number of imide groups is 1. The number of fused-ring (bicyclic) bond motifs is 1. The third kappa shape index (κ3) is 3.94. The minimum absolute atomic E-state index is 0.261. The Bertz CT molecular complexity index is 1090. The highest BCUT2D eigenvalue weighted by Crippen LogP contribution is 2.46. The number of hydrogen-bond donors (Lipinski definition) is 0. The molecule has 0 fully saturated rings. The van der Waals surface area contributed by atoms with Gasteiger partial charge in [0.2, 0.25) is 0 Å². The van der Waals surface area contributed by atoms with Gasteiger partial charge in [-0.15, -0.1) is 11.3 Å². The predicted octanol–water partition coefficient (Wildman–Crippen LogP) is 5.88. The standard InChI is InChI=1S/C26H23NO4S/c1-2-3-4-5-14-27-25(30)21-22(26(27)31)24(20-12-8-18(16-29)9-13-20)32-23(21)19-10-6-17(15-28)7-11-19/h6-13,15-16H,2-5,14H2,1H3. The van der Waals surface area contributed by atoms with Crippen LogP contribution >= 0.6 is 11.3 Å². The summed E-state index contributed by atoms with van der Waals surface area (Å²) >= 11 is 1.39. The number of carbonyl (C=O) groups is 4. The molecule has 0 N–H and O–H groups in total. The summed E-state index contributed by atoms with van der Waals surface area (Å²) in [6.45, 7) is 2.53. The number of nitrogens with zero attached hydrogens (tertiary/aromatic N) is 1. The summed E-state index contributed by atoms with van der Waals surface area (Å²) in [4.78, 5) is 51.6. The van der Waals surface area contributed by atoms with E-state index in [1.165, 1.54) is 16.2 Å². The van der Waals surface area contributed by atoms with E-state index in [9.17, 15) is 19.2 Å². The minimum Gasteiger partial charge on any atom is -0.298 e. The third-order valence-corrected chi connectivity index (χ3v) is 6.97. The molecule has 1 aromatic heterocycles. The quantitative estimate of drug-likeness (QED) is 0.234. The average molecular weight is 446 g/mol. The van der Waals surface area contributed by atoms with Gasteiger partial charge < -0.3 is 0 Å². The van der Waals surface area contributed by atoms with Crippen LogP contribution in [-0.2, 0) is 0 Å². The molecule has 0 spiro atoms. The lowest BCUT2D eigenvalue weighted by atomic mass is 10.0. The summed E-state index contributed by atoms with van der Waals surface area (Å²) in [5.74, 6) is -0.522. The van der Waals surface area contributed by atoms with Crippen molar-refractivity contribution in [2.75, 3.05) is 6.54 Å². The molecule has 0 atom stereocenters. The summed E-state index contributed by atoms with van der Waals surface area (Å²) < 4.78 is 0. The molecule has 3 aromatic rings. The van der Waals surface area contributed by atoms with Gasteiger partial charge in [-0.2, -0.15) is 0 Å². The molecule has 32 heavy (non-hydrogen) atoms. The van der Waals surface area contributed by atoms with Crippen molar-refractivity contribution in [3.8, 4) is 20.9 Å².